The van der Waals surface area contributed by atoms with Crippen molar-refractivity contribution in [3.05, 3.63) is 70.6 Å². The molecule has 0 radical (unpaired) electrons. The predicted molar refractivity (Wildman–Crippen MR) is 79.1 cm³/mol. The molecule has 0 saturated heterocycles. The zero-order valence-corrected chi connectivity index (χ0v) is 12.0. The van der Waals surface area contributed by atoms with Crippen LogP contribution in [0, 0.1) is 18.6 Å². The Hall–Kier alpha value is -2.21. The van der Waals surface area contributed by atoms with E-state index in [0.29, 0.717) is 5.56 Å². The molecule has 0 aliphatic heterocycles. The van der Waals surface area contributed by atoms with Crippen molar-refractivity contribution >= 4 is 21.8 Å². The van der Waals surface area contributed by atoms with Crippen molar-refractivity contribution in [1.29, 1.82) is 0 Å². The van der Waals surface area contributed by atoms with Crippen molar-refractivity contribution in [2.24, 2.45) is 0 Å². The maximum atomic E-state index is 13.4. The van der Waals surface area contributed by atoms with Crippen molar-refractivity contribution in [1.82, 2.24) is 0 Å². The third kappa shape index (κ3) is 4.13. The molecular formula is C15H13F2NO2S. The molecule has 0 spiro atoms. The number of halogens is 2. The summed E-state index contributed by atoms with van der Waals surface area (Å²) in [4.78, 5) is 0. The third-order valence-electron chi connectivity index (χ3n) is 2.72. The van der Waals surface area contributed by atoms with Gasteiger partial charge in [-0.1, -0.05) is 35.9 Å². The Bertz CT molecular complexity index is 749. The molecule has 0 unspecified atom stereocenters. The summed E-state index contributed by atoms with van der Waals surface area (Å²) < 4.78 is 52.3. The lowest BCUT2D eigenvalue weighted by molar-refractivity contribution is 0.585. The minimum Gasteiger partial charge on any atom is -0.274 e. The van der Waals surface area contributed by atoms with Gasteiger partial charge in [0.15, 0.2) is 0 Å². The number of benzene rings is 2. The number of para-hydroxylation sites is 1. The average molecular weight is 309 g/mol. The first-order chi connectivity index (χ1) is 9.87. The lowest BCUT2D eigenvalue weighted by atomic mass is 10.2. The molecule has 0 saturated carbocycles. The normalized spacial score (nSPS) is 11.8. The molecule has 0 heterocycles. The molecular weight excluding hydrogens is 296 g/mol. The molecule has 0 amide bonds. The summed E-state index contributed by atoms with van der Waals surface area (Å²) in [5.74, 6) is -1.94. The van der Waals surface area contributed by atoms with Crippen molar-refractivity contribution in [3.8, 4) is 0 Å². The van der Waals surface area contributed by atoms with E-state index in [9.17, 15) is 17.2 Å². The van der Waals surface area contributed by atoms with Gasteiger partial charge in [0.2, 0.25) is 0 Å². The van der Waals surface area contributed by atoms with Gasteiger partial charge in [-0.15, -0.1) is 0 Å². The van der Waals surface area contributed by atoms with Gasteiger partial charge in [0.05, 0.1) is 5.41 Å². The SMILES string of the molecule is Cc1ccc(/C=C/S(=O)(=O)Nc2c(F)cccc2F)cc1. The monoisotopic (exact) mass is 309 g/mol. The number of hydrogen-bond donors (Lipinski definition) is 1. The predicted octanol–water partition coefficient (Wildman–Crippen LogP) is 3.69. The number of aryl methyl sites for hydroxylation is 1. The number of hydrogen-bond acceptors (Lipinski definition) is 2. The van der Waals surface area contributed by atoms with Crippen LogP contribution in [0.4, 0.5) is 14.5 Å². The van der Waals surface area contributed by atoms with Crippen LogP contribution >= 0.6 is 0 Å². The second-order valence-electron chi connectivity index (χ2n) is 4.46. The van der Waals surface area contributed by atoms with Crippen LogP contribution < -0.4 is 4.72 Å². The molecule has 6 heteroatoms. The lowest BCUT2D eigenvalue weighted by Crippen LogP contribution is -2.11. The molecule has 0 fully saturated rings. The Morgan fingerprint density at radius 3 is 2.14 bits per heavy atom. The third-order valence-corrected chi connectivity index (χ3v) is 3.71. The van der Waals surface area contributed by atoms with Crippen LogP contribution in [0.2, 0.25) is 0 Å². The van der Waals surface area contributed by atoms with E-state index in [1.165, 1.54) is 6.08 Å². The highest BCUT2D eigenvalue weighted by atomic mass is 32.2. The van der Waals surface area contributed by atoms with E-state index in [1.807, 2.05) is 23.8 Å². The van der Waals surface area contributed by atoms with Crippen LogP contribution in [0.15, 0.2) is 47.9 Å². The molecule has 2 aromatic carbocycles. The maximum absolute atomic E-state index is 13.4. The molecule has 2 aromatic rings. The highest BCUT2D eigenvalue weighted by Gasteiger charge is 2.14. The molecule has 0 aromatic heterocycles. The van der Waals surface area contributed by atoms with Gasteiger partial charge < -0.3 is 0 Å². The van der Waals surface area contributed by atoms with Crippen LogP contribution in [0.1, 0.15) is 11.1 Å². The number of rotatable bonds is 4. The summed E-state index contributed by atoms with van der Waals surface area (Å²) >= 11 is 0. The summed E-state index contributed by atoms with van der Waals surface area (Å²) in [6.07, 6.45) is 1.35. The summed E-state index contributed by atoms with van der Waals surface area (Å²) in [6.45, 7) is 1.91. The summed E-state index contributed by atoms with van der Waals surface area (Å²) in [7, 11) is -4.00. The van der Waals surface area contributed by atoms with Crippen molar-refractivity contribution in [3.63, 3.8) is 0 Å². The Morgan fingerprint density at radius 2 is 1.57 bits per heavy atom. The summed E-state index contributed by atoms with van der Waals surface area (Å²) in [5, 5.41) is 0.865. The summed E-state index contributed by atoms with van der Waals surface area (Å²) in [5.41, 5.74) is 1.02. The van der Waals surface area contributed by atoms with Crippen LogP contribution in [0.5, 0.6) is 0 Å². The molecule has 2 rings (SSSR count). The molecule has 0 atom stereocenters. The zero-order chi connectivity index (χ0) is 15.5. The van der Waals surface area contributed by atoms with Gasteiger partial charge in [-0.25, -0.2) is 17.2 Å². The highest BCUT2D eigenvalue weighted by molar-refractivity contribution is 7.95. The lowest BCUT2D eigenvalue weighted by Gasteiger charge is -2.06. The van der Waals surface area contributed by atoms with Crippen molar-refractivity contribution in [2.45, 2.75) is 6.92 Å². The summed E-state index contributed by atoms with van der Waals surface area (Å²) in [6, 6.07) is 10.3. The van der Waals surface area contributed by atoms with Crippen LogP contribution in [-0.4, -0.2) is 8.42 Å². The van der Waals surface area contributed by atoms with E-state index in [1.54, 1.807) is 12.1 Å². The molecule has 110 valence electrons. The second-order valence-corrected chi connectivity index (χ2v) is 6.02. The first-order valence-corrected chi connectivity index (χ1v) is 7.63. The van der Waals surface area contributed by atoms with Crippen LogP contribution in [0.3, 0.4) is 0 Å². The number of anilines is 1. The van der Waals surface area contributed by atoms with E-state index < -0.39 is 27.3 Å². The van der Waals surface area contributed by atoms with Gasteiger partial charge in [0, 0.05) is 0 Å². The second kappa shape index (κ2) is 6.05. The van der Waals surface area contributed by atoms with Gasteiger partial charge in [-0.05, 0) is 30.7 Å². The van der Waals surface area contributed by atoms with E-state index in [4.69, 9.17) is 0 Å². The quantitative estimate of drug-likeness (QED) is 0.936. The first kappa shape index (κ1) is 15.2. The van der Waals surface area contributed by atoms with Gasteiger partial charge in [0.1, 0.15) is 17.3 Å². The first-order valence-electron chi connectivity index (χ1n) is 6.09. The standard InChI is InChI=1S/C15H13F2NO2S/c1-11-5-7-12(8-6-11)9-10-21(19,20)18-15-13(16)3-2-4-14(15)17/h2-10,18H,1H3/b10-9+. The van der Waals surface area contributed by atoms with Crippen molar-refractivity contribution in [2.75, 3.05) is 4.72 Å². The fraction of sp³-hybridized carbons (Fsp3) is 0.0667. The Kier molecular flexibility index (Phi) is 4.37. The van der Waals surface area contributed by atoms with E-state index in [-0.39, 0.29) is 0 Å². The fourth-order valence-corrected chi connectivity index (χ4v) is 2.50. The van der Waals surface area contributed by atoms with E-state index in [2.05, 4.69) is 0 Å². The van der Waals surface area contributed by atoms with E-state index in [0.717, 1.165) is 29.2 Å². The zero-order valence-electron chi connectivity index (χ0n) is 11.2. The molecule has 3 nitrogen and oxygen atoms in total. The maximum Gasteiger partial charge on any atom is 0.255 e. The Morgan fingerprint density at radius 1 is 1.00 bits per heavy atom. The highest BCUT2D eigenvalue weighted by Crippen LogP contribution is 2.20. The largest absolute Gasteiger partial charge is 0.274 e. The fourth-order valence-electron chi connectivity index (χ4n) is 1.62. The smallest absolute Gasteiger partial charge is 0.255 e. The minimum atomic E-state index is -4.00. The molecule has 0 aliphatic carbocycles. The van der Waals surface area contributed by atoms with Gasteiger partial charge in [-0.3, -0.25) is 4.72 Å². The molecule has 0 aliphatic rings. The number of sulfonamides is 1. The van der Waals surface area contributed by atoms with Crippen LogP contribution in [-0.2, 0) is 10.0 Å². The van der Waals surface area contributed by atoms with E-state index >= 15 is 0 Å². The topological polar surface area (TPSA) is 46.2 Å². The van der Waals surface area contributed by atoms with Crippen LogP contribution in [0.25, 0.3) is 6.08 Å². The van der Waals surface area contributed by atoms with Gasteiger partial charge >= 0.3 is 0 Å². The average Bonchev–Trinajstić information content (AvgIpc) is 2.43. The van der Waals surface area contributed by atoms with Crippen molar-refractivity contribution < 1.29 is 17.2 Å². The Labute approximate surface area is 122 Å². The minimum absolute atomic E-state index is 0.667. The number of nitrogens with one attached hydrogen (secondary N) is 1. The molecule has 1 N–H and O–H groups in total. The van der Waals surface area contributed by atoms with Gasteiger partial charge in [0.25, 0.3) is 10.0 Å². The van der Waals surface area contributed by atoms with Gasteiger partial charge in [-0.2, -0.15) is 0 Å². The molecule has 0 bridgehead atoms. The molecule has 21 heavy (non-hydrogen) atoms. The Balaban J connectivity index is 2.21.